The molecule has 0 bridgehead atoms. The van der Waals surface area contributed by atoms with Crippen molar-refractivity contribution in [2.45, 2.75) is 37.2 Å². The average molecular weight is 416 g/mol. The number of hydrogen-bond donors (Lipinski definition) is 1. The number of rotatable bonds is 6. The highest BCUT2D eigenvalue weighted by molar-refractivity contribution is 7.89. The summed E-state index contributed by atoms with van der Waals surface area (Å²) in [4.78, 5) is 26.7. The number of nitrogens with zero attached hydrogens (tertiary/aromatic N) is 2. The highest BCUT2D eigenvalue weighted by Gasteiger charge is 2.50. The summed E-state index contributed by atoms with van der Waals surface area (Å²) in [6.07, 6.45) is 0.631. The van der Waals surface area contributed by atoms with Crippen molar-refractivity contribution in [3.05, 3.63) is 65.7 Å². The Balaban J connectivity index is 2.15. The summed E-state index contributed by atoms with van der Waals surface area (Å²) < 4.78 is 27.3. The molecule has 29 heavy (non-hydrogen) atoms. The third-order valence-electron chi connectivity index (χ3n) is 5.04. The topological polar surface area (TPSA) is 95.0 Å². The van der Waals surface area contributed by atoms with Crippen LogP contribution in [-0.4, -0.2) is 53.7 Å². The van der Waals surface area contributed by atoms with Gasteiger partial charge in [-0.3, -0.25) is 9.59 Å². The smallest absolute Gasteiger partial charge is 0.324 e. The minimum absolute atomic E-state index is 0.0364. The molecule has 3 rings (SSSR count). The molecular weight excluding hydrogens is 392 g/mol. The second kappa shape index (κ2) is 8.34. The van der Waals surface area contributed by atoms with E-state index in [4.69, 9.17) is 0 Å². The molecule has 1 aliphatic heterocycles. The Bertz CT molecular complexity index is 989. The van der Waals surface area contributed by atoms with E-state index in [9.17, 15) is 23.1 Å². The first kappa shape index (κ1) is 21.0. The Labute approximate surface area is 170 Å². The van der Waals surface area contributed by atoms with Crippen molar-refractivity contribution in [3.8, 4) is 0 Å². The van der Waals surface area contributed by atoms with Crippen LogP contribution in [-0.2, 0) is 19.6 Å². The molecule has 7 nitrogen and oxygen atoms in total. The Morgan fingerprint density at radius 3 is 2.28 bits per heavy atom. The zero-order valence-corrected chi connectivity index (χ0v) is 17.2. The monoisotopic (exact) mass is 416 g/mol. The second-order valence-corrected chi connectivity index (χ2v) is 8.98. The first-order chi connectivity index (χ1) is 13.8. The van der Waals surface area contributed by atoms with Gasteiger partial charge in [0.05, 0.1) is 17.5 Å². The predicted octanol–water partition coefficient (Wildman–Crippen LogP) is 2.43. The van der Waals surface area contributed by atoms with Gasteiger partial charge in [-0.05, 0) is 31.0 Å². The Morgan fingerprint density at radius 1 is 1.10 bits per heavy atom. The summed E-state index contributed by atoms with van der Waals surface area (Å²) in [5.74, 6) is -1.70. The van der Waals surface area contributed by atoms with Crippen molar-refractivity contribution in [1.82, 2.24) is 9.21 Å². The van der Waals surface area contributed by atoms with Crippen molar-refractivity contribution >= 4 is 21.9 Å². The van der Waals surface area contributed by atoms with Crippen LogP contribution >= 0.6 is 0 Å². The average Bonchev–Trinajstić information content (AvgIpc) is 2.70. The number of carbonyl (C=O) groups is 2. The van der Waals surface area contributed by atoms with E-state index >= 15 is 0 Å². The molecule has 1 aliphatic rings. The molecular formula is C21H24N2O5S. The Morgan fingerprint density at radius 2 is 1.72 bits per heavy atom. The molecule has 1 amide bonds. The van der Waals surface area contributed by atoms with Gasteiger partial charge in [-0.15, -0.1) is 0 Å². The summed E-state index contributed by atoms with van der Waals surface area (Å²) in [6.45, 7) is 3.64. The Kier molecular flexibility index (Phi) is 6.04. The van der Waals surface area contributed by atoms with E-state index in [1.807, 2.05) is 26.0 Å². The summed E-state index contributed by atoms with van der Waals surface area (Å²) in [6, 6.07) is 12.4. The normalized spacial score (nSPS) is 20.6. The van der Waals surface area contributed by atoms with E-state index in [0.29, 0.717) is 18.5 Å². The standard InChI is InChI=1S/C21H24N2O5S/c1-3-13-22-18(24)14-23(29(27,28)17-7-5-4-6-8-17)20(21(25)26)19(22)16-11-9-15(2)10-12-16/h4-12,19-20H,3,13-14H2,1-2H3,(H,25,26)/t19-,20+/m1/s1. The molecule has 0 spiro atoms. The van der Waals surface area contributed by atoms with Crippen molar-refractivity contribution in [2.24, 2.45) is 0 Å². The second-order valence-electron chi connectivity index (χ2n) is 7.09. The molecule has 0 aliphatic carbocycles. The fraction of sp³-hybridized carbons (Fsp3) is 0.333. The molecule has 1 fully saturated rings. The summed E-state index contributed by atoms with van der Waals surface area (Å²) in [7, 11) is -4.17. The molecule has 1 heterocycles. The fourth-order valence-corrected chi connectivity index (χ4v) is 5.21. The fourth-order valence-electron chi connectivity index (χ4n) is 3.66. The maximum absolute atomic E-state index is 13.2. The number of carboxylic acid groups (broad SMARTS) is 1. The van der Waals surface area contributed by atoms with Gasteiger partial charge in [0.2, 0.25) is 15.9 Å². The molecule has 154 valence electrons. The van der Waals surface area contributed by atoms with E-state index in [2.05, 4.69) is 0 Å². The van der Waals surface area contributed by atoms with Gasteiger partial charge in [-0.1, -0.05) is 55.0 Å². The van der Waals surface area contributed by atoms with Crippen molar-refractivity contribution in [1.29, 1.82) is 0 Å². The van der Waals surface area contributed by atoms with Crippen molar-refractivity contribution < 1.29 is 23.1 Å². The molecule has 0 radical (unpaired) electrons. The molecule has 0 aromatic heterocycles. The van der Waals surface area contributed by atoms with E-state index in [0.717, 1.165) is 9.87 Å². The van der Waals surface area contributed by atoms with Crippen molar-refractivity contribution in [2.75, 3.05) is 13.1 Å². The van der Waals surface area contributed by atoms with Gasteiger partial charge in [0.25, 0.3) is 0 Å². The number of hydrogen-bond acceptors (Lipinski definition) is 4. The van der Waals surface area contributed by atoms with E-state index < -0.39 is 40.5 Å². The van der Waals surface area contributed by atoms with Gasteiger partial charge in [0.15, 0.2) is 0 Å². The summed E-state index contributed by atoms with van der Waals surface area (Å²) in [5, 5.41) is 10.0. The lowest BCUT2D eigenvalue weighted by molar-refractivity contribution is -0.153. The molecule has 0 saturated carbocycles. The van der Waals surface area contributed by atoms with Crippen LogP contribution in [0.15, 0.2) is 59.5 Å². The number of piperazine rings is 1. The molecule has 8 heteroatoms. The minimum atomic E-state index is -4.17. The van der Waals surface area contributed by atoms with E-state index in [1.165, 1.54) is 17.0 Å². The quantitative estimate of drug-likeness (QED) is 0.780. The number of aliphatic carboxylic acids is 1. The van der Waals surface area contributed by atoms with Crippen LogP contribution in [0.4, 0.5) is 0 Å². The molecule has 2 atom stereocenters. The predicted molar refractivity (Wildman–Crippen MR) is 108 cm³/mol. The molecule has 2 aromatic carbocycles. The third-order valence-corrected chi connectivity index (χ3v) is 6.88. The van der Waals surface area contributed by atoms with Crippen LogP contribution in [0.2, 0.25) is 0 Å². The van der Waals surface area contributed by atoms with Gasteiger partial charge < -0.3 is 10.0 Å². The highest BCUT2D eigenvalue weighted by atomic mass is 32.2. The van der Waals surface area contributed by atoms with Gasteiger partial charge in [-0.2, -0.15) is 4.31 Å². The maximum Gasteiger partial charge on any atom is 0.324 e. The zero-order valence-electron chi connectivity index (χ0n) is 16.4. The number of sulfonamides is 1. The maximum atomic E-state index is 13.2. The van der Waals surface area contributed by atoms with Crippen molar-refractivity contribution in [3.63, 3.8) is 0 Å². The number of aryl methyl sites for hydroxylation is 1. The first-order valence-electron chi connectivity index (χ1n) is 9.43. The van der Waals surface area contributed by atoms with Crippen LogP contribution in [0.1, 0.15) is 30.5 Å². The van der Waals surface area contributed by atoms with Crippen LogP contribution in [0.5, 0.6) is 0 Å². The van der Waals surface area contributed by atoms with Crippen LogP contribution in [0.25, 0.3) is 0 Å². The van der Waals surface area contributed by atoms with E-state index in [-0.39, 0.29) is 4.90 Å². The van der Waals surface area contributed by atoms with Gasteiger partial charge in [0, 0.05) is 6.54 Å². The van der Waals surface area contributed by atoms with Gasteiger partial charge in [0.1, 0.15) is 6.04 Å². The summed E-state index contributed by atoms with van der Waals surface area (Å²) >= 11 is 0. The molecule has 2 aromatic rings. The molecule has 0 unspecified atom stereocenters. The lowest BCUT2D eigenvalue weighted by atomic mass is 9.94. The lowest BCUT2D eigenvalue weighted by Gasteiger charge is -2.44. The minimum Gasteiger partial charge on any atom is -0.480 e. The largest absolute Gasteiger partial charge is 0.480 e. The number of carbonyl (C=O) groups excluding carboxylic acids is 1. The number of amides is 1. The van der Waals surface area contributed by atoms with Crippen LogP contribution in [0.3, 0.4) is 0 Å². The summed E-state index contributed by atoms with van der Waals surface area (Å²) in [5.41, 5.74) is 1.58. The zero-order chi connectivity index (χ0) is 21.2. The van der Waals surface area contributed by atoms with E-state index in [1.54, 1.807) is 30.3 Å². The highest BCUT2D eigenvalue weighted by Crippen LogP contribution is 2.35. The van der Waals surface area contributed by atoms with Crippen LogP contribution < -0.4 is 0 Å². The van der Waals surface area contributed by atoms with Gasteiger partial charge >= 0.3 is 5.97 Å². The molecule has 1 saturated heterocycles. The third kappa shape index (κ3) is 4.04. The number of carboxylic acids is 1. The SMILES string of the molecule is CCCN1C(=O)CN(S(=O)(=O)c2ccccc2)[C@H](C(=O)O)[C@H]1c1ccc(C)cc1. The van der Waals surface area contributed by atoms with Crippen LogP contribution in [0, 0.1) is 6.92 Å². The Hall–Kier alpha value is -2.71. The first-order valence-corrected chi connectivity index (χ1v) is 10.9. The van der Waals surface area contributed by atoms with Gasteiger partial charge in [-0.25, -0.2) is 8.42 Å². The molecule has 1 N–H and O–H groups in total. The lowest BCUT2D eigenvalue weighted by Crippen LogP contribution is -2.61. The number of benzene rings is 2.